The summed E-state index contributed by atoms with van der Waals surface area (Å²) in [6.45, 7) is 1.77. The van der Waals surface area contributed by atoms with Crippen molar-refractivity contribution in [1.29, 1.82) is 0 Å². The fourth-order valence-electron chi connectivity index (χ4n) is 3.52. The van der Waals surface area contributed by atoms with Crippen molar-refractivity contribution in [3.05, 3.63) is 60.2 Å². The van der Waals surface area contributed by atoms with Crippen LogP contribution in [0.4, 0.5) is 0 Å². The first kappa shape index (κ1) is 20.7. The number of hydrogen-bond donors (Lipinski definition) is 1. The minimum atomic E-state index is -0.0493. The zero-order chi connectivity index (χ0) is 20.5. The van der Waals surface area contributed by atoms with Gasteiger partial charge in [-0.3, -0.25) is 9.59 Å². The van der Waals surface area contributed by atoms with Crippen LogP contribution in [0.1, 0.15) is 18.4 Å². The highest BCUT2D eigenvalue weighted by molar-refractivity contribution is 5.80. The van der Waals surface area contributed by atoms with Crippen molar-refractivity contribution < 1.29 is 19.1 Å². The van der Waals surface area contributed by atoms with Gasteiger partial charge < -0.3 is 19.7 Å². The molecule has 1 aliphatic rings. The number of nitrogens with one attached hydrogen (secondary N) is 1. The molecule has 0 aliphatic carbocycles. The fraction of sp³-hybridized carbons (Fsp3) is 0.391. The SMILES string of the molecule is COc1ccccc1CCNC(=O)C1CCN(C(=O)COc2ccccc2)CC1. The minimum absolute atomic E-state index is 0.0276. The molecule has 2 aromatic rings. The molecule has 154 valence electrons. The summed E-state index contributed by atoms with van der Waals surface area (Å²) in [6.07, 6.45) is 2.08. The van der Waals surface area contributed by atoms with E-state index < -0.39 is 0 Å². The van der Waals surface area contributed by atoms with Crippen molar-refractivity contribution >= 4 is 11.8 Å². The lowest BCUT2D eigenvalue weighted by atomic mass is 9.95. The van der Waals surface area contributed by atoms with Crippen molar-refractivity contribution in [3.63, 3.8) is 0 Å². The monoisotopic (exact) mass is 396 g/mol. The maximum absolute atomic E-state index is 12.5. The maximum Gasteiger partial charge on any atom is 0.260 e. The predicted molar refractivity (Wildman–Crippen MR) is 111 cm³/mol. The Hall–Kier alpha value is -3.02. The van der Waals surface area contributed by atoms with E-state index >= 15 is 0 Å². The van der Waals surface area contributed by atoms with E-state index in [0.29, 0.717) is 38.2 Å². The molecule has 1 aliphatic heterocycles. The van der Waals surface area contributed by atoms with Crippen LogP contribution in [-0.2, 0) is 16.0 Å². The van der Waals surface area contributed by atoms with Crippen LogP contribution in [0.3, 0.4) is 0 Å². The van der Waals surface area contributed by atoms with Crippen LogP contribution in [0.25, 0.3) is 0 Å². The normalized spacial score (nSPS) is 14.3. The molecular weight excluding hydrogens is 368 g/mol. The van der Waals surface area contributed by atoms with Crippen LogP contribution in [0, 0.1) is 5.92 Å². The quantitative estimate of drug-likeness (QED) is 0.745. The Morgan fingerprint density at radius 1 is 1.03 bits per heavy atom. The first-order valence-electron chi connectivity index (χ1n) is 10.0. The minimum Gasteiger partial charge on any atom is -0.496 e. The summed E-state index contributed by atoms with van der Waals surface area (Å²) >= 11 is 0. The number of methoxy groups -OCH3 is 1. The smallest absolute Gasteiger partial charge is 0.260 e. The fourth-order valence-corrected chi connectivity index (χ4v) is 3.52. The van der Waals surface area contributed by atoms with Gasteiger partial charge in [0.1, 0.15) is 11.5 Å². The highest BCUT2D eigenvalue weighted by Gasteiger charge is 2.27. The van der Waals surface area contributed by atoms with Crippen LogP contribution < -0.4 is 14.8 Å². The third-order valence-electron chi connectivity index (χ3n) is 5.21. The van der Waals surface area contributed by atoms with Gasteiger partial charge in [-0.25, -0.2) is 0 Å². The largest absolute Gasteiger partial charge is 0.496 e. The Kier molecular flexibility index (Phi) is 7.50. The topological polar surface area (TPSA) is 67.9 Å². The van der Waals surface area contributed by atoms with Gasteiger partial charge in [0.2, 0.25) is 5.91 Å². The van der Waals surface area contributed by atoms with Gasteiger partial charge in [-0.15, -0.1) is 0 Å². The highest BCUT2D eigenvalue weighted by Crippen LogP contribution is 2.19. The molecule has 1 N–H and O–H groups in total. The average Bonchev–Trinajstić information content (AvgIpc) is 2.78. The Labute approximate surface area is 171 Å². The van der Waals surface area contributed by atoms with E-state index in [4.69, 9.17) is 9.47 Å². The van der Waals surface area contributed by atoms with E-state index in [1.807, 2.05) is 54.6 Å². The van der Waals surface area contributed by atoms with Gasteiger partial charge in [0.05, 0.1) is 7.11 Å². The van der Waals surface area contributed by atoms with Gasteiger partial charge in [-0.2, -0.15) is 0 Å². The number of carbonyl (C=O) groups is 2. The van der Waals surface area contributed by atoms with Crippen molar-refractivity contribution in [3.8, 4) is 11.5 Å². The van der Waals surface area contributed by atoms with Gasteiger partial charge >= 0.3 is 0 Å². The number of carbonyl (C=O) groups excluding carboxylic acids is 2. The summed E-state index contributed by atoms with van der Waals surface area (Å²) in [5.41, 5.74) is 1.08. The first-order valence-corrected chi connectivity index (χ1v) is 10.0. The summed E-state index contributed by atoms with van der Waals surface area (Å²) in [4.78, 5) is 26.6. The standard InChI is InChI=1S/C23H28N2O4/c1-28-21-10-6-5-7-18(21)11-14-24-23(27)19-12-15-25(16-13-19)22(26)17-29-20-8-3-2-4-9-20/h2-10,19H,11-17H2,1H3,(H,24,27). The zero-order valence-electron chi connectivity index (χ0n) is 16.8. The van der Waals surface area contributed by atoms with Crippen LogP contribution >= 0.6 is 0 Å². The number of rotatable bonds is 8. The van der Waals surface area contributed by atoms with Gasteiger partial charge in [-0.1, -0.05) is 36.4 Å². The number of piperidine rings is 1. The van der Waals surface area contributed by atoms with Crippen molar-refractivity contribution in [1.82, 2.24) is 10.2 Å². The molecule has 0 unspecified atom stereocenters. The molecule has 0 radical (unpaired) electrons. The third kappa shape index (κ3) is 5.98. The van der Waals surface area contributed by atoms with Crippen LogP contribution in [-0.4, -0.2) is 50.1 Å². The van der Waals surface area contributed by atoms with Gasteiger partial charge in [0.15, 0.2) is 6.61 Å². The van der Waals surface area contributed by atoms with Gasteiger partial charge in [0.25, 0.3) is 5.91 Å². The highest BCUT2D eigenvalue weighted by atomic mass is 16.5. The third-order valence-corrected chi connectivity index (χ3v) is 5.21. The Balaban J connectivity index is 1.37. The summed E-state index contributed by atoms with van der Waals surface area (Å²) in [6, 6.07) is 17.1. The van der Waals surface area contributed by atoms with Crippen molar-refractivity contribution in [2.24, 2.45) is 5.92 Å². The first-order chi connectivity index (χ1) is 14.2. The maximum atomic E-state index is 12.5. The summed E-state index contributed by atoms with van der Waals surface area (Å²) < 4.78 is 10.9. The Morgan fingerprint density at radius 3 is 2.45 bits per heavy atom. The van der Waals surface area contributed by atoms with Gasteiger partial charge in [0, 0.05) is 25.6 Å². The molecule has 0 bridgehead atoms. The molecule has 2 amide bonds. The van der Waals surface area contributed by atoms with Crippen molar-refractivity contribution in [2.75, 3.05) is 33.4 Å². The van der Waals surface area contributed by atoms with E-state index in [2.05, 4.69) is 5.32 Å². The second-order valence-electron chi connectivity index (χ2n) is 7.11. The van der Waals surface area contributed by atoms with Crippen LogP contribution in [0.15, 0.2) is 54.6 Å². The molecular formula is C23H28N2O4. The molecule has 2 aromatic carbocycles. The number of benzene rings is 2. The number of nitrogens with zero attached hydrogens (tertiary/aromatic N) is 1. The molecule has 0 aromatic heterocycles. The molecule has 0 spiro atoms. The predicted octanol–water partition coefficient (Wildman–Crippen LogP) is 2.67. The number of ether oxygens (including phenoxy) is 2. The molecule has 1 fully saturated rings. The Morgan fingerprint density at radius 2 is 1.72 bits per heavy atom. The molecule has 29 heavy (non-hydrogen) atoms. The van der Waals surface area contributed by atoms with Gasteiger partial charge in [-0.05, 0) is 43.0 Å². The molecule has 0 saturated carbocycles. The summed E-state index contributed by atoms with van der Waals surface area (Å²) in [5, 5.41) is 3.02. The lowest BCUT2D eigenvalue weighted by Gasteiger charge is -2.31. The average molecular weight is 396 g/mol. The number of para-hydroxylation sites is 2. The molecule has 1 saturated heterocycles. The number of likely N-dealkylation sites (tertiary alicyclic amines) is 1. The van der Waals surface area contributed by atoms with Crippen LogP contribution in [0.5, 0.6) is 11.5 Å². The number of amides is 2. The Bertz CT molecular complexity index is 802. The molecule has 6 nitrogen and oxygen atoms in total. The number of hydrogen-bond acceptors (Lipinski definition) is 4. The van der Waals surface area contributed by atoms with E-state index in [0.717, 1.165) is 17.7 Å². The molecule has 1 heterocycles. The summed E-state index contributed by atoms with van der Waals surface area (Å²) in [5.74, 6) is 1.50. The van der Waals surface area contributed by atoms with E-state index in [-0.39, 0.29) is 24.3 Å². The van der Waals surface area contributed by atoms with E-state index in [1.165, 1.54) is 0 Å². The van der Waals surface area contributed by atoms with E-state index in [9.17, 15) is 9.59 Å². The van der Waals surface area contributed by atoms with Crippen molar-refractivity contribution in [2.45, 2.75) is 19.3 Å². The van der Waals surface area contributed by atoms with E-state index in [1.54, 1.807) is 12.0 Å². The molecule has 0 atom stereocenters. The second-order valence-corrected chi connectivity index (χ2v) is 7.11. The van der Waals surface area contributed by atoms with Crippen LogP contribution in [0.2, 0.25) is 0 Å². The summed E-state index contributed by atoms with van der Waals surface area (Å²) in [7, 11) is 1.65. The zero-order valence-corrected chi connectivity index (χ0v) is 16.8. The second kappa shape index (κ2) is 10.5. The lowest BCUT2D eigenvalue weighted by Crippen LogP contribution is -2.44. The molecule has 3 rings (SSSR count). The molecule has 6 heteroatoms. The lowest BCUT2D eigenvalue weighted by molar-refractivity contribution is -0.137.